The zero-order valence-electron chi connectivity index (χ0n) is 27.8. The van der Waals surface area contributed by atoms with Crippen molar-refractivity contribution in [2.45, 2.75) is 24.7 Å². The molecule has 0 amide bonds. The molecule has 3 nitrogen and oxygen atoms in total. The second-order valence-electron chi connectivity index (χ2n) is 12.9. The molecule has 0 unspecified atom stereocenters. The van der Waals surface area contributed by atoms with E-state index in [1.807, 2.05) is 6.07 Å². The molecule has 0 aliphatic carbocycles. The first-order valence-electron chi connectivity index (χ1n) is 16.4. The van der Waals surface area contributed by atoms with Crippen LogP contribution in [0, 0.1) is 11.3 Å². The molecule has 0 spiro atoms. The molecular weight excluding hydrogens is 762 g/mol. The van der Waals surface area contributed by atoms with Gasteiger partial charge in [-0.2, -0.15) is 57.9 Å². The lowest BCUT2D eigenvalue weighted by Gasteiger charge is -2.22. The van der Waals surface area contributed by atoms with Crippen LogP contribution < -0.4 is 0 Å². The van der Waals surface area contributed by atoms with E-state index in [1.54, 1.807) is 0 Å². The van der Waals surface area contributed by atoms with E-state index in [1.165, 1.54) is 57.7 Å². The maximum absolute atomic E-state index is 14.7. The van der Waals surface area contributed by atoms with E-state index in [0.717, 1.165) is 48.5 Å². The predicted octanol–water partition coefficient (Wildman–Crippen LogP) is 13.5. The third-order valence-corrected chi connectivity index (χ3v) is 9.65. The molecule has 0 aliphatic heterocycles. The number of benzene rings is 6. The Bertz CT molecular complexity index is 2750. The Morgan fingerprint density at radius 1 is 0.411 bits per heavy atom. The van der Waals surface area contributed by atoms with Gasteiger partial charge in [-0.05, 0) is 78.4 Å². The van der Waals surface area contributed by atoms with Gasteiger partial charge in [-0.3, -0.25) is 0 Å². The number of rotatable bonds is 3. The molecule has 15 heteroatoms. The lowest BCUT2D eigenvalue weighted by Crippen LogP contribution is -2.15. The molecule has 0 atom stereocenters. The number of hydrogen-bond donors (Lipinski definition) is 0. The molecule has 6 aromatic carbocycles. The summed E-state index contributed by atoms with van der Waals surface area (Å²) in [6.07, 6.45) is -20.3. The summed E-state index contributed by atoms with van der Waals surface area (Å²) in [7, 11) is 0. The molecule has 0 saturated heterocycles. The van der Waals surface area contributed by atoms with Gasteiger partial charge in [-0.1, -0.05) is 42.5 Å². The molecule has 0 fully saturated rings. The molecule has 0 saturated carbocycles. The fourth-order valence-electron chi connectivity index (χ4n) is 7.38. The Morgan fingerprint density at radius 3 is 1.18 bits per heavy atom. The Kier molecular flexibility index (Phi) is 8.02. The molecule has 0 N–H and O–H groups in total. The standard InChI is InChI=1S/C41H19F12N3/c42-38(43,44)22-12-14-33-26(18-22)24-6-1-3-10-31(24)55(33)35-16-21(37-29(40(48,49)50)8-5-9-30(37)41(51,52)53)17-36(28(35)20-54)56-32-11-4-2-7-25(32)27-19-23(39(45,46)47)13-15-34(27)56/h1-19H. The van der Waals surface area contributed by atoms with E-state index in [4.69, 9.17) is 0 Å². The fourth-order valence-corrected chi connectivity index (χ4v) is 7.38. The average molecular weight is 782 g/mol. The second-order valence-corrected chi connectivity index (χ2v) is 12.9. The van der Waals surface area contributed by atoms with Crippen LogP contribution in [0.25, 0.3) is 66.1 Å². The van der Waals surface area contributed by atoms with Crippen LogP contribution in [0.15, 0.2) is 115 Å². The van der Waals surface area contributed by atoms with E-state index in [2.05, 4.69) is 0 Å². The van der Waals surface area contributed by atoms with Gasteiger partial charge in [0.2, 0.25) is 0 Å². The molecule has 0 radical (unpaired) electrons. The molecule has 0 aliphatic rings. The Balaban J connectivity index is 1.59. The summed E-state index contributed by atoms with van der Waals surface area (Å²) in [4.78, 5) is 0. The SMILES string of the molecule is N#Cc1c(-n2c3ccccc3c3cc(C(F)(F)F)ccc32)cc(-c2c(C(F)(F)F)cccc2C(F)(F)F)cc1-n1c2ccccc2c2cc(C(F)(F)F)ccc21. The molecule has 8 aromatic rings. The number of halogens is 12. The van der Waals surface area contributed by atoms with Crippen molar-refractivity contribution in [3.8, 4) is 28.6 Å². The lowest BCUT2D eigenvalue weighted by atomic mass is 9.91. The summed E-state index contributed by atoms with van der Waals surface area (Å²) in [5, 5.41) is 11.3. The van der Waals surface area contributed by atoms with Gasteiger partial charge < -0.3 is 9.13 Å². The highest BCUT2D eigenvalue weighted by Gasteiger charge is 2.42. The van der Waals surface area contributed by atoms with E-state index in [-0.39, 0.29) is 60.5 Å². The van der Waals surface area contributed by atoms with Crippen LogP contribution in [0.4, 0.5) is 52.7 Å². The number of para-hydroxylation sites is 2. The van der Waals surface area contributed by atoms with Crippen LogP contribution >= 0.6 is 0 Å². The third kappa shape index (κ3) is 5.78. The van der Waals surface area contributed by atoms with E-state index in [9.17, 15) is 57.9 Å². The van der Waals surface area contributed by atoms with E-state index in [0.29, 0.717) is 18.2 Å². The van der Waals surface area contributed by atoms with Gasteiger partial charge in [0.1, 0.15) is 11.6 Å². The lowest BCUT2D eigenvalue weighted by molar-refractivity contribution is -0.142. The van der Waals surface area contributed by atoms with Gasteiger partial charge in [0.15, 0.2) is 0 Å². The van der Waals surface area contributed by atoms with Crippen LogP contribution in [0.1, 0.15) is 27.8 Å². The van der Waals surface area contributed by atoms with Crippen molar-refractivity contribution >= 4 is 43.6 Å². The van der Waals surface area contributed by atoms with Crippen LogP contribution in [0.5, 0.6) is 0 Å². The van der Waals surface area contributed by atoms with Crippen molar-refractivity contribution in [3.05, 3.63) is 143 Å². The van der Waals surface area contributed by atoms with Crippen molar-refractivity contribution in [1.29, 1.82) is 5.26 Å². The van der Waals surface area contributed by atoms with Crippen LogP contribution in [-0.4, -0.2) is 9.13 Å². The van der Waals surface area contributed by atoms with Gasteiger partial charge in [0.05, 0.1) is 55.7 Å². The van der Waals surface area contributed by atoms with E-state index < -0.39 is 58.1 Å². The Morgan fingerprint density at radius 2 is 0.804 bits per heavy atom. The number of nitriles is 1. The zero-order chi connectivity index (χ0) is 40.1. The van der Waals surface area contributed by atoms with Gasteiger partial charge in [-0.15, -0.1) is 0 Å². The number of nitrogens with zero attached hydrogens (tertiary/aromatic N) is 3. The number of aromatic nitrogens is 2. The van der Waals surface area contributed by atoms with Gasteiger partial charge >= 0.3 is 24.7 Å². The van der Waals surface area contributed by atoms with E-state index >= 15 is 0 Å². The third-order valence-electron chi connectivity index (χ3n) is 9.65. The highest BCUT2D eigenvalue weighted by molar-refractivity contribution is 6.11. The molecule has 56 heavy (non-hydrogen) atoms. The largest absolute Gasteiger partial charge is 0.417 e. The molecule has 282 valence electrons. The first-order chi connectivity index (χ1) is 26.3. The second kappa shape index (κ2) is 12.3. The number of alkyl halides is 12. The molecule has 0 bridgehead atoms. The van der Waals surface area contributed by atoms with Gasteiger partial charge in [0.25, 0.3) is 0 Å². The average Bonchev–Trinajstić information content (AvgIpc) is 3.64. The fraction of sp³-hybridized carbons (Fsp3) is 0.0976. The summed E-state index contributed by atoms with van der Waals surface area (Å²) < 4.78 is 174. The van der Waals surface area contributed by atoms with Crippen molar-refractivity contribution in [2.75, 3.05) is 0 Å². The minimum atomic E-state index is -5.34. The quantitative estimate of drug-likeness (QED) is 0.164. The monoisotopic (exact) mass is 781 g/mol. The Labute approximate surface area is 306 Å². The molecular formula is C41H19F12N3. The van der Waals surface area contributed by atoms with Crippen LogP contribution in [0.2, 0.25) is 0 Å². The topological polar surface area (TPSA) is 33.6 Å². The maximum atomic E-state index is 14.7. The van der Waals surface area contributed by atoms with Crippen molar-refractivity contribution < 1.29 is 52.7 Å². The summed E-state index contributed by atoms with van der Waals surface area (Å²) in [5.74, 6) is 0. The normalized spacial score (nSPS) is 13.0. The van der Waals surface area contributed by atoms with Crippen molar-refractivity contribution in [2.24, 2.45) is 0 Å². The molecule has 2 aromatic heterocycles. The Hall–Kier alpha value is -6.43. The summed E-state index contributed by atoms with van der Waals surface area (Å²) >= 11 is 0. The van der Waals surface area contributed by atoms with Gasteiger partial charge in [0, 0.05) is 27.1 Å². The summed E-state index contributed by atoms with van der Waals surface area (Å²) in [6.45, 7) is 0. The van der Waals surface area contributed by atoms with Crippen LogP contribution in [-0.2, 0) is 24.7 Å². The zero-order valence-corrected chi connectivity index (χ0v) is 27.8. The van der Waals surface area contributed by atoms with Crippen molar-refractivity contribution in [3.63, 3.8) is 0 Å². The smallest absolute Gasteiger partial charge is 0.308 e. The predicted molar refractivity (Wildman–Crippen MR) is 185 cm³/mol. The first kappa shape index (κ1) is 36.5. The number of fused-ring (bicyclic) bond motifs is 6. The number of hydrogen-bond acceptors (Lipinski definition) is 1. The maximum Gasteiger partial charge on any atom is 0.417 e. The minimum absolute atomic E-state index is 0.00878. The highest BCUT2D eigenvalue weighted by atomic mass is 19.4. The summed E-state index contributed by atoms with van der Waals surface area (Å²) in [6, 6.07) is 22.6. The minimum Gasteiger partial charge on any atom is -0.308 e. The first-order valence-corrected chi connectivity index (χ1v) is 16.4. The molecule has 2 heterocycles. The molecule has 8 rings (SSSR count). The van der Waals surface area contributed by atoms with Gasteiger partial charge in [-0.25, -0.2) is 0 Å². The highest BCUT2D eigenvalue weighted by Crippen LogP contribution is 2.48. The van der Waals surface area contributed by atoms with Crippen molar-refractivity contribution in [1.82, 2.24) is 9.13 Å². The summed E-state index contributed by atoms with van der Waals surface area (Å²) in [5.41, 5.74) is -8.07. The van der Waals surface area contributed by atoms with Crippen LogP contribution in [0.3, 0.4) is 0 Å².